The molecule has 0 aliphatic rings. The van der Waals surface area contributed by atoms with Gasteiger partial charge in [-0.2, -0.15) is 5.10 Å². The van der Waals surface area contributed by atoms with Gasteiger partial charge in [-0.15, -0.1) is 0 Å². The van der Waals surface area contributed by atoms with Gasteiger partial charge in [0.2, 0.25) is 0 Å². The van der Waals surface area contributed by atoms with E-state index in [-0.39, 0.29) is 5.91 Å². The van der Waals surface area contributed by atoms with Crippen molar-refractivity contribution in [3.63, 3.8) is 0 Å². The van der Waals surface area contributed by atoms with Crippen LogP contribution in [0.3, 0.4) is 0 Å². The van der Waals surface area contributed by atoms with Gasteiger partial charge in [-0.1, -0.05) is 5.16 Å². The van der Waals surface area contributed by atoms with Crippen LogP contribution in [0.4, 0.5) is 0 Å². The molecule has 0 saturated carbocycles. The minimum atomic E-state index is -0.363. The fraction of sp³-hybridized carbons (Fsp3) is 0.200. The molecular weight excluding hydrogens is 208 g/mol. The van der Waals surface area contributed by atoms with Gasteiger partial charge >= 0.3 is 0 Å². The highest BCUT2D eigenvalue weighted by Crippen LogP contribution is 1.94. The lowest BCUT2D eigenvalue weighted by atomic mass is 10.3. The predicted molar refractivity (Wildman–Crippen MR) is 59.7 cm³/mol. The summed E-state index contributed by atoms with van der Waals surface area (Å²) in [6.45, 7) is 3.20. The van der Waals surface area contributed by atoms with Crippen LogP contribution in [-0.4, -0.2) is 27.5 Å². The van der Waals surface area contributed by atoms with E-state index in [0.29, 0.717) is 17.0 Å². The number of carbonyl (C=O) groups excluding carboxylic acids is 1. The summed E-state index contributed by atoms with van der Waals surface area (Å²) in [7, 11) is 0. The van der Waals surface area contributed by atoms with Crippen LogP contribution < -0.4 is 5.43 Å². The fourth-order valence-electron chi connectivity index (χ4n) is 0.850. The van der Waals surface area contributed by atoms with Gasteiger partial charge in [-0.3, -0.25) is 9.78 Å². The average molecular weight is 220 g/mol. The SMILES string of the molecule is CC(=N/NC(=O)c1cccnc1)/C(C)=N/O. The summed E-state index contributed by atoms with van der Waals surface area (Å²) in [6.07, 6.45) is 3.01. The van der Waals surface area contributed by atoms with Crippen molar-refractivity contribution in [2.75, 3.05) is 0 Å². The highest BCUT2D eigenvalue weighted by atomic mass is 16.4. The Morgan fingerprint density at radius 2 is 2.19 bits per heavy atom. The van der Waals surface area contributed by atoms with Crippen molar-refractivity contribution in [1.29, 1.82) is 0 Å². The van der Waals surface area contributed by atoms with Gasteiger partial charge in [0, 0.05) is 12.4 Å². The van der Waals surface area contributed by atoms with E-state index in [0.717, 1.165) is 0 Å². The minimum Gasteiger partial charge on any atom is -0.411 e. The molecule has 0 aliphatic carbocycles. The third-order valence-electron chi connectivity index (χ3n) is 1.92. The molecule has 1 heterocycles. The Kier molecular flexibility index (Phi) is 4.14. The molecule has 0 fully saturated rings. The van der Waals surface area contributed by atoms with Gasteiger partial charge in [0.15, 0.2) is 0 Å². The van der Waals surface area contributed by atoms with Crippen LogP contribution in [0.25, 0.3) is 0 Å². The summed E-state index contributed by atoms with van der Waals surface area (Å²) in [5, 5.41) is 15.2. The van der Waals surface area contributed by atoms with Crippen LogP contribution in [0.1, 0.15) is 24.2 Å². The summed E-state index contributed by atoms with van der Waals surface area (Å²) in [5.41, 5.74) is 3.52. The molecule has 6 heteroatoms. The highest BCUT2D eigenvalue weighted by Gasteiger charge is 2.04. The van der Waals surface area contributed by atoms with Crippen molar-refractivity contribution in [3.8, 4) is 0 Å². The molecule has 84 valence electrons. The van der Waals surface area contributed by atoms with E-state index in [1.54, 1.807) is 32.2 Å². The zero-order chi connectivity index (χ0) is 12.0. The number of nitrogens with zero attached hydrogens (tertiary/aromatic N) is 3. The number of aromatic nitrogens is 1. The number of carbonyl (C=O) groups is 1. The first-order chi connectivity index (χ1) is 7.65. The van der Waals surface area contributed by atoms with Crippen LogP contribution in [-0.2, 0) is 0 Å². The molecule has 0 unspecified atom stereocenters. The molecule has 6 nitrogen and oxygen atoms in total. The maximum absolute atomic E-state index is 11.5. The zero-order valence-corrected chi connectivity index (χ0v) is 9.01. The van der Waals surface area contributed by atoms with Gasteiger partial charge < -0.3 is 5.21 Å². The summed E-state index contributed by atoms with van der Waals surface area (Å²) in [6, 6.07) is 3.28. The lowest BCUT2D eigenvalue weighted by Gasteiger charge is -2.00. The van der Waals surface area contributed by atoms with Gasteiger partial charge in [-0.05, 0) is 26.0 Å². The average Bonchev–Trinajstić information content (AvgIpc) is 2.35. The van der Waals surface area contributed by atoms with Gasteiger partial charge in [0.1, 0.15) is 0 Å². The third kappa shape index (κ3) is 3.16. The number of hydrogen-bond donors (Lipinski definition) is 2. The Morgan fingerprint density at radius 1 is 1.44 bits per heavy atom. The second-order valence-corrected chi connectivity index (χ2v) is 3.07. The molecular formula is C10H12N4O2. The Balaban J connectivity index is 2.67. The van der Waals surface area contributed by atoms with Crippen LogP contribution >= 0.6 is 0 Å². The van der Waals surface area contributed by atoms with E-state index in [1.807, 2.05) is 0 Å². The maximum Gasteiger partial charge on any atom is 0.272 e. The van der Waals surface area contributed by atoms with Crippen molar-refractivity contribution in [2.24, 2.45) is 10.3 Å². The van der Waals surface area contributed by atoms with Crippen molar-refractivity contribution >= 4 is 17.3 Å². The molecule has 16 heavy (non-hydrogen) atoms. The highest BCUT2D eigenvalue weighted by molar-refractivity contribution is 6.40. The smallest absolute Gasteiger partial charge is 0.272 e. The van der Waals surface area contributed by atoms with E-state index < -0.39 is 0 Å². The maximum atomic E-state index is 11.5. The molecule has 1 amide bonds. The second kappa shape index (κ2) is 5.59. The lowest BCUT2D eigenvalue weighted by Crippen LogP contribution is -2.21. The molecule has 0 saturated heterocycles. The summed E-state index contributed by atoms with van der Waals surface area (Å²) >= 11 is 0. The Morgan fingerprint density at radius 3 is 2.75 bits per heavy atom. The number of pyridine rings is 1. The molecule has 0 aliphatic heterocycles. The number of rotatable bonds is 3. The molecule has 0 bridgehead atoms. The molecule has 0 radical (unpaired) electrons. The quantitative estimate of drug-likeness (QED) is 0.453. The first-order valence-electron chi connectivity index (χ1n) is 4.59. The standard InChI is InChI=1S/C10H12N4O2/c1-7(8(2)14-16)12-13-10(15)9-4-3-5-11-6-9/h3-6,16H,1-2H3,(H,13,15)/b12-7-,14-8+. The van der Waals surface area contributed by atoms with Crippen LogP contribution in [0, 0.1) is 0 Å². The van der Waals surface area contributed by atoms with Gasteiger partial charge in [0.25, 0.3) is 5.91 Å². The molecule has 1 aromatic rings. The molecule has 2 N–H and O–H groups in total. The summed E-state index contributed by atoms with van der Waals surface area (Å²) in [5.74, 6) is -0.363. The largest absolute Gasteiger partial charge is 0.411 e. The Bertz CT molecular complexity index is 426. The molecule has 1 aromatic heterocycles. The fourth-order valence-corrected chi connectivity index (χ4v) is 0.850. The van der Waals surface area contributed by atoms with Crippen molar-refractivity contribution < 1.29 is 10.0 Å². The van der Waals surface area contributed by atoms with Gasteiger partial charge in [0.05, 0.1) is 17.0 Å². The van der Waals surface area contributed by atoms with Crippen molar-refractivity contribution in [3.05, 3.63) is 30.1 Å². The molecule has 1 rings (SSSR count). The van der Waals surface area contributed by atoms with E-state index >= 15 is 0 Å². The second-order valence-electron chi connectivity index (χ2n) is 3.07. The normalized spacial score (nSPS) is 12.4. The van der Waals surface area contributed by atoms with E-state index in [1.165, 1.54) is 6.20 Å². The monoisotopic (exact) mass is 220 g/mol. The summed E-state index contributed by atoms with van der Waals surface area (Å²) < 4.78 is 0. The molecule has 0 atom stereocenters. The van der Waals surface area contributed by atoms with Crippen molar-refractivity contribution in [2.45, 2.75) is 13.8 Å². The van der Waals surface area contributed by atoms with Crippen LogP contribution in [0.5, 0.6) is 0 Å². The van der Waals surface area contributed by atoms with E-state index in [2.05, 4.69) is 20.7 Å². The number of hydrazone groups is 1. The topological polar surface area (TPSA) is 86.9 Å². The zero-order valence-electron chi connectivity index (χ0n) is 9.01. The number of hydrogen-bond acceptors (Lipinski definition) is 5. The first kappa shape index (κ1) is 11.8. The molecule has 0 aromatic carbocycles. The minimum absolute atomic E-state index is 0.339. The van der Waals surface area contributed by atoms with Crippen molar-refractivity contribution in [1.82, 2.24) is 10.4 Å². The Hall–Kier alpha value is -2.24. The van der Waals surface area contributed by atoms with E-state index in [9.17, 15) is 4.79 Å². The van der Waals surface area contributed by atoms with Crippen LogP contribution in [0.2, 0.25) is 0 Å². The summed E-state index contributed by atoms with van der Waals surface area (Å²) in [4.78, 5) is 15.3. The number of nitrogens with one attached hydrogen (secondary N) is 1. The molecule has 0 spiro atoms. The van der Waals surface area contributed by atoms with Crippen LogP contribution in [0.15, 0.2) is 34.8 Å². The van der Waals surface area contributed by atoms with Gasteiger partial charge in [-0.25, -0.2) is 5.43 Å². The predicted octanol–water partition coefficient (Wildman–Crippen LogP) is 1.04. The Labute approximate surface area is 92.7 Å². The lowest BCUT2D eigenvalue weighted by molar-refractivity contribution is 0.0954. The van der Waals surface area contributed by atoms with E-state index in [4.69, 9.17) is 5.21 Å². The third-order valence-corrected chi connectivity index (χ3v) is 1.92. The number of amides is 1. The first-order valence-corrected chi connectivity index (χ1v) is 4.59. The number of oxime groups is 1.